The van der Waals surface area contributed by atoms with Gasteiger partial charge in [-0.25, -0.2) is 4.98 Å². The Kier molecular flexibility index (Phi) is 3.42. The van der Waals surface area contributed by atoms with Gasteiger partial charge in [0, 0.05) is 31.6 Å². The summed E-state index contributed by atoms with van der Waals surface area (Å²) in [6.45, 7) is 9.46. The van der Waals surface area contributed by atoms with E-state index >= 15 is 0 Å². The number of likely N-dealkylation sites (N-methyl/N-ethyl adjacent to an activating group) is 1. The summed E-state index contributed by atoms with van der Waals surface area (Å²) in [5.41, 5.74) is 1.36. The van der Waals surface area contributed by atoms with Crippen molar-refractivity contribution in [1.29, 1.82) is 0 Å². The van der Waals surface area contributed by atoms with Crippen molar-refractivity contribution >= 4 is 0 Å². The fourth-order valence-electron chi connectivity index (χ4n) is 3.42. The zero-order chi connectivity index (χ0) is 12.5. The van der Waals surface area contributed by atoms with Gasteiger partial charge in [-0.15, -0.1) is 0 Å². The molecule has 0 saturated carbocycles. The van der Waals surface area contributed by atoms with Gasteiger partial charge in [0.1, 0.15) is 5.82 Å². The summed E-state index contributed by atoms with van der Waals surface area (Å²) < 4.78 is 2.41. The van der Waals surface area contributed by atoms with E-state index in [0.29, 0.717) is 5.92 Å². The molecule has 100 valence electrons. The number of rotatable bonds is 2. The molecule has 0 aromatic carbocycles. The van der Waals surface area contributed by atoms with E-state index < -0.39 is 0 Å². The van der Waals surface area contributed by atoms with E-state index in [-0.39, 0.29) is 0 Å². The van der Waals surface area contributed by atoms with E-state index in [1.54, 1.807) is 0 Å². The molecule has 3 nitrogen and oxygen atoms in total. The Labute approximate surface area is 110 Å². The molecular formula is C15H25N3. The van der Waals surface area contributed by atoms with Gasteiger partial charge in [-0.1, -0.05) is 13.8 Å². The molecule has 18 heavy (non-hydrogen) atoms. The third-order valence-electron chi connectivity index (χ3n) is 4.62. The highest BCUT2D eigenvalue weighted by Crippen LogP contribution is 2.28. The predicted octanol–water partition coefficient (Wildman–Crippen LogP) is 2.66. The molecule has 3 heteroatoms. The van der Waals surface area contributed by atoms with Crippen molar-refractivity contribution in [3.8, 4) is 0 Å². The maximum atomic E-state index is 4.91. The van der Waals surface area contributed by atoms with E-state index in [0.717, 1.165) is 5.92 Å². The molecule has 2 aliphatic heterocycles. The summed E-state index contributed by atoms with van der Waals surface area (Å²) >= 11 is 0. The molecule has 0 N–H and O–H groups in total. The number of hydrogen-bond donors (Lipinski definition) is 0. The number of hydrogen-bond acceptors (Lipinski definition) is 2. The van der Waals surface area contributed by atoms with Crippen LogP contribution in [0.25, 0.3) is 0 Å². The highest BCUT2D eigenvalue weighted by Gasteiger charge is 2.25. The number of aromatic nitrogens is 2. The average molecular weight is 247 g/mol. The van der Waals surface area contributed by atoms with Crippen molar-refractivity contribution in [2.75, 3.05) is 19.6 Å². The SMILES string of the molecule is CCN1CCCC(c2cn3c(n2)CCC(C)C3)C1. The highest BCUT2D eigenvalue weighted by molar-refractivity contribution is 5.13. The minimum atomic E-state index is 0.673. The smallest absolute Gasteiger partial charge is 0.108 e. The molecule has 0 aliphatic carbocycles. The molecule has 3 heterocycles. The van der Waals surface area contributed by atoms with Gasteiger partial charge in [-0.05, 0) is 38.3 Å². The normalized spacial score (nSPS) is 29.2. The number of imidazole rings is 1. The molecule has 2 aliphatic rings. The second-order valence-electron chi connectivity index (χ2n) is 6.11. The number of fused-ring (bicyclic) bond motifs is 1. The van der Waals surface area contributed by atoms with Gasteiger partial charge in [0.15, 0.2) is 0 Å². The molecule has 1 aromatic heterocycles. The van der Waals surface area contributed by atoms with Crippen LogP contribution >= 0.6 is 0 Å². The van der Waals surface area contributed by atoms with Crippen molar-refractivity contribution in [2.45, 2.75) is 52.0 Å². The lowest BCUT2D eigenvalue weighted by atomic mass is 9.95. The number of aryl methyl sites for hydroxylation is 1. The number of likely N-dealkylation sites (tertiary alicyclic amines) is 1. The Hall–Kier alpha value is -0.830. The lowest BCUT2D eigenvalue weighted by molar-refractivity contribution is 0.216. The summed E-state index contributed by atoms with van der Waals surface area (Å²) in [5, 5.41) is 0. The first-order chi connectivity index (χ1) is 8.76. The van der Waals surface area contributed by atoms with Crippen LogP contribution in [-0.4, -0.2) is 34.1 Å². The predicted molar refractivity (Wildman–Crippen MR) is 73.8 cm³/mol. The minimum Gasteiger partial charge on any atom is -0.334 e. The standard InChI is InChI=1S/C15H25N3/c1-3-17-8-4-5-13(10-17)14-11-18-9-12(2)6-7-15(18)16-14/h11-13H,3-10H2,1-2H3. The molecule has 3 rings (SSSR count). The maximum Gasteiger partial charge on any atom is 0.108 e. The number of nitrogens with zero attached hydrogens (tertiary/aromatic N) is 3. The molecule has 2 unspecified atom stereocenters. The Morgan fingerprint density at radius 1 is 1.33 bits per heavy atom. The first kappa shape index (κ1) is 12.2. The molecule has 0 amide bonds. The largest absolute Gasteiger partial charge is 0.334 e. The van der Waals surface area contributed by atoms with Crippen molar-refractivity contribution in [2.24, 2.45) is 5.92 Å². The average Bonchev–Trinajstić information content (AvgIpc) is 2.81. The maximum absolute atomic E-state index is 4.91. The molecule has 1 saturated heterocycles. The van der Waals surface area contributed by atoms with Crippen LogP contribution in [0.1, 0.15) is 50.5 Å². The third-order valence-corrected chi connectivity index (χ3v) is 4.62. The van der Waals surface area contributed by atoms with Gasteiger partial charge in [-0.3, -0.25) is 0 Å². The number of piperidine rings is 1. The van der Waals surface area contributed by atoms with Gasteiger partial charge in [0.2, 0.25) is 0 Å². The Balaban J connectivity index is 1.76. The van der Waals surface area contributed by atoms with Crippen LogP contribution in [0.4, 0.5) is 0 Å². The Morgan fingerprint density at radius 2 is 2.22 bits per heavy atom. The molecule has 2 atom stereocenters. The molecule has 1 aromatic rings. The van der Waals surface area contributed by atoms with Crippen LogP contribution in [0.15, 0.2) is 6.20 Å². The fourth-order valence-corrected chi connectivity index (χ4v) is 3.42. The monoisotopic (exact) mass is 247 g/mol. The van der Waals surface area contributed by atoms with Crippen LogP contribution in [0, 0.1) is 5.92 Å². The van der Waals surface area contributed by atoms with Crippen LogP contribution in [0.3, 0.4) is 0 Å². The van der Waals surface area contributed by atoms with E-state index in [1.807, 2.05) is 0 Å². The summed E-state index contributed by atoms with van der Waals surface area (Å²) in [5.74, 6) is 2.82. The second-order valence-corrected chi connectivity index (χ2v) is 6.11. The molecule has 1 fully saturated rings. The van der Waals surface area contributed by atoms with Crippen molar-refractivity contribution in [3.05, 3.63) is 17.7 Å². The first-order valence-corrected chi connectivity index (χ1v) is 7.54. The second kappa shape index (κ2) is 5.04. The van der Waals surface area contributed by atoms with Gasteiger partial charge in [-0.2, -0.15) is 0 Å². The summed E-state index contributed by atoms with van der Waals surface area (Å²) in [6, 6.07) is 0. The topological polar surface area (TPSA) is 21.1 Å². The van der Waals surface area contributed by atoms with Gasteiger partial charge < -0.3 is 9.47 Å². The Bertz CT molecular complexity index is 410. The van der Waals surface area contributed by atoms with E-state index in [4.69, 9.17) is 4.98 Å². The zero-order valence-corrected chi connectivity index (χ0v) is 11.7. The lowest BCUT2D eigenvalue weighted by Gasteiger charge is -2.30. The molecule has 0 radical (unpaired) electrons. The summed E-state index contributed by atoms with van der Waals surface area (Å²) in [4.78, 5) is 7.48. The first-order valence-electron chi connectivity index (χ1n) is 7.54. The van der Waals surface area contributed by atoms with E-state index in [9.17, 15) is 0 Å². The Morgan fingerprint density at radius 3 is 3.06 bits per heavy atom. The van der Waals surface area contributed by atoms with Crippen LogP contribution in [0.5, 0.6) is 0 Å². The van der Waals surface area contributed by atoms with Crippen molar-refractivity contribution in [1.82, 2.24) is 14.5 Å². The zero-order valence-electron chi connectivity index (χ0n) is 11.7. The van der Waals surface area contributed by atoms with Crippen LogP contribution < -0.4 is 0 Å². The van der Waals surface area contributed by atoms with Crippen molar-refractivity contribution in [3.63, 3.8) is 0 Å². The third kappa shape index (κ3) is 2.33. The van der Waals surface area contributed by atoms with E-state index in [2.05, 4.69) is 29.5 Å². The summed E-state index contributed by atoms with van der Waals surface area (Å²) in [7, 11) is 0. The van der Waals surface area contributed by atoms with Gasteiger partial charge >= 0.3 is 0 Å². The van der Waals surface area contributed by atoms with Gasteiger partial charge in [0.25, 0.3) is 0 Å². The minimum absolute atomic E-state index is 0.673. The molecule has 0 spiro atoms. The van der Waals surface area contributed by atoms with Crippen molar-refractivity contribution < 1.29 is 0 Å². The van der Waals surface area contributed by atoms with Gasteiger partial charge in [0.05, 0.1) is 5.69 Å². The quantitative estimate of drug-likeness (QED) is 0.801. The highest BCUT2D eigenvalue weighted by atomic mass is 15.1. The summed E-state index contributed by atoms with van der Waals surface area (Å²) in [6.07, 6.45) is 7.47. The van der Waals surface area contributed by atoms with E-state index in [1.165, 1.54) is 63.4 Å². The van der Waals surface area contributed by atoms with Crippen LogP contribution in [0.2, 0.25) is 0 Å². The van der Waals surface area contributed by atoms with Crippen LogP contribution in [-0.2, 0) is 13.0 Å². The fraction of sp³-hybridized carbons (Fsp3) is 0.800. The lowest BCUT2D eigenvalue weighted by Crippen LogP contribution is -2.34. The molecule has 0 bridgehead atoms. The molecular weight excluding hydrogens is 222 g/mol.